The summed E-state index contributed by atoms with van der Waals surface area (Å²) in [5, 5.41) is 12.5. The second-order valence-corrected chi connectivity index (χ2v) is 6.59. The summed E-state index contributed by atoms with van der Waals surface area (Å²) < 4.78 is 5.79. The molecule has 29 heavy (non-hydrogen) atoms. The SMILES string of the molecule is CCC.CNC(CO)Cc1ccc(OC(N)c2ccncn2)cc1N(C)CC=O. The van der Waals surface area contributed by atoms with Crippen LogP contribution in [0.25, 0.3) is 0 Å². The van der Waals surface area contributed by atoms with Gasteiger partial charge in [-0.15, -0.1) is 0 Å². The summed E-state index contributed by atoms with van der Waals surface area (Å²) in [6.07, 6.45) is 4.99. The molecule has 0 radical (unpaired) electrons. The molecule has 0 fully saturated rings. The smallest absolute Gasteiger partial charge is 0.191 e. The van der Waals surface area contributed by atoms with Crippen molar-refractivity contribution >= 4 is 12.0 Å². The maximum Gasteiger partial charge on any atom is 0.191 e. The first-order chi connectivity index (χ1) is 14.0. The molecule has 8 nitrogen and oxygen atoms in total. The number of nitrogens with two attached hydrogens (primary N) is 1. The molecule has 160 valence electrons. The van der Waals surface area contributed by atoms with E-state index in [1.54, 1.807) is 19.3 Å². The lowest BCUT2D eigenvalue weighted by molar-refractivity contribution is -0.106. The van der Waals surface area contributed by atoms with Gasteiger partial charge in [0.25, 0.3) is 0 Å². The van der Waals surface area contributed by atoms with Crippen molar-refractivity contribution in [2.24, 2.45) is 5.73 Å². The summed E-state index contributed by atoms with van der Waals surface area (Å²) in [7, 11) is 3.63. The molecule has 0 bridgehead atoms. The Morgan fingerprint density at radius 2 is 2.07 bits per heavy atom. The standard InChI is InChI=1S/C18H25N5O3.C3H8/c1-20-14(11-25)9-13-3-4-15(10-17(13)23(2)7-8-24)26-18(19)16-5-6-21-12-22-16;1-3-2/h3-6,8,10,12,14,18,20,25H,7,9,11,19H2,1-2H3;3H2,1-2H3. The Labute approximate surface area is 173 Å². The lowest BCUT2D eigenvalue weighted by Crippen LogP contribution is -2.32. The molecular formula is C21H33N5O3. The van der Waals surface area contributed by atoms with Gasteiger partial charge in [-0.1, -0.05) is 26.3 Å². The Bertz CT molecular complexity index is 711. The number of aldehydes is 1. The average molecular weight is 404 g/mol. The van der Waals surface area contributed by atoms with Crippen LogP contribution in [0, 0.1) is 0 Å². The van der Waals surface area contributed by atoms with Gasteiger partial charge in [0.2, 0.25) is 0 Å². The molecule has 4 N–H and O–H groups in total. The number of ether oxygens (including phenoxy) is 1. The van der Waals surface area contributed by atoms with Crippen molar-refractivity contribution in [2.75, 3.05) is 32.1 Å². The predicted octanol–water partition coefficient (Wildman–Crippen LogP) is 1.69. The molecule has 0 aliphatic rings. The summed E-state index contributed by atoms with van der Waals surface area (Å²) in [5.41, 5.74) is 8.46. The van der Waals surface area contributed by atoms with E-state index >= 15 is 0 Å². The number of aliphatic hydroxyl groups excluding tert-OH is 1. The normalized spacial score (nSPS) is 12.3. The topological polar surface area (TPSA) is 114 Å². The Morgan fingerprint density at radius 1 is 1.34 bits per heavy atom. The Morgan fingerprint density at radius 3 is 2.62 bits per heavy atom. The van der Waals surface area contributed by atoms with E-state index in [0.717, 1.165) is 17.5 Å². The van der Waals surface area contributed by atoms with Crippen LogP contribution in [0.5, 0.6) is 5.75 Å². The maximum absolute atomic E-state index is 10.9. The summed E-state index contributed by atoms with van der Waals surface area (Å²) in [6.45, 7) is 4.52. The van der Waals surface area contributed by atoms with Crippen molar-refractivity contribution in [2.45, 2.75) is 39.0 Å². The highest BCUT2D eigenvalue weighted by Crippen LogP contribution is 2.28. The molecule has 0 amide bonds. The number of hydrogen-bond donors (Lipinski definition) is 3. The molecule has 0 spiro atoms. The predicted molar refractivity (Wildman–Crippen MR) is 115 cm³/mol. The van der Waals surface area contributed by atoms with Crippen molar-refractivity contribution in [3.63, 3.8) is 0 Å². The van der Waals surface area contributed by atoms with Crippen LogP contribution in [-0.2, 0) is 11.2 Å². The Balaban J connectivity index is 0.00000132. The Kier molecular flexibility index (Phi) is 11.5. The summed E-state index contributed by atoms with van der Waals surface area (Å²) >= 11 is 0. The molecule has 0 saturated heterocycles. The highest BCUT2D eigenvalue weighted by atomic mass is 16.5. The van der Waals surface area contributed by atoms with E-state index in [9.17, 15) is 9.90 Å². The van der Waals surface area contributed by atoms with Gasteiger partial charge in [-0.05, 0) is 31.2 Å². The minimum atomic E-state index is -0.726. The zero-order valence-electron chi connectivity index (χ0n) is 17.7. The van der Waals surface area contributed by atoms with E-state index in [4.69, 9.17) is 10.5 Å². The molecule has 0 saturated carbocycles. The first-order valence-corrected chi connectivity index (χ1v) is 9.74. The highest BCUT2D eigenvalue weighted by molar-refractivity contribution is 5.64. The van der Waals surface area contributed by atoms with Crippen LogP contribution in [-0.4, -0.2) is 54.6 Å². The third-order valence-corrected chi connectivity index (χ3v) is 4.07. The van der Waals surface area contributed by atoms with Crippen LogP contribution < -0.4 is 20.7 Å². The number of rotatable bonds is 10. The van der Waals surface area contributed by atoms with Crippen molar-refractivity contribution in [1.82, 2.24) is 15.3 Å². The van der Waals surface area contributed by atoms with E-state index in [1.807, 2.05) is 30.1 Å². The minimum Gasteiger partial charge on any atom is -0.470 e. The fourth-order valence-electron chi connectivity index (χ4n) is 2.55. The molecule has 2 rings (SSSR count). The molecule has 1 aromatic carbocycles. The summed E-state index contributed by atoms with van der Waals surface area (Å²) in [4.78, 5) is 20.7. The largest absolute Gasteiger partial charge is 0.470 e. The van der Waals surface area contributed by atoms with Crippen molar-refractivity contribution in [1.29, 1.82) is 0 Å². The van der Waals surface area contributed by atoms with Gasteiger partial charge in [-0.25, -0.2) is 9.97 Å². The van der Waals surface area contributed by atoms with Crippen LogP contribution in [0.2, 0.25) is 0 Å². The number of nitrogens with zero attached hydrogens (tertiary/aromatic N) is 3. The third-order valence-electron chi connectivity index (χ3n) is 4.07. The molecule has 1 heterocycles. The molecule has 2 unspecified atom stereocenters. The quantitative estimate of drug-likeness (QED) is 0.406. The number of hydrogen-bond acceptors (Lipinski definition) is 8. The zero-order chi connectivity index (χ0) is 21.6. The molecule has 2 aromatic rings. The molecular weight excluding hydrogens is 370 g/mol. The summed E-state index contributed by atoms with van der Waals surface area (Å²) in [5.74, 6) is 0.567. The molecule has 1 aromatic heterocycles. The van der Waals surface area contributed by atoms with Gasteiger partial charge >= 0.3 is 0 Å². The Hall–Kier alpha value is -2.55. The number of nitrogens with one attached hydrogen (secondary N) is 1. The van der Waals surface area contributed by atoms with Crippen LogP contribution in [0.4, 0.5) is 5.69 Å². The molecule has 0 aliphatic heterocycles. The van der Waals surface area contributed by atoms with Gasteiger partial charge in [0.1, 0.15) is 18.4 Å². The number of aromatic nitrogens is 2. The number of likely N-dealkylation sites (N-methyl/N-ethyl adjacent to an activating group) is 2. The van der Waals surface area contributed by atoms with Crippen molar-refractivity contribution in [3.8, 4) is 5.75 Å². The lowest BCUT2D eigenvalue weighted by atomic mass is 10.0. The van der Waals surface area contributed by atoms with E-state index in [0.29, 0.717) is 17.9 Å². The number of benzene rings is 1. The van der Waals surface area contributed by atoms with E-state index in [2.05, 4.69) is 29.1 Å². The van der Waals surface area contributed by atoms with Gasteiger partial charge in [0.05, 0.1) is 18.8 Å². The van der Waals surface area contributed by atoms with E-state index in [-0.39, 0.29) is 19.2 Å². The highest BCUT2D eigenvalue weighted by Gasteiger charge is 2.15. The van der Waals surface area contributed by atoms with Crippen LogP contribution >= 0.6 is 0 Å². The van der Waals surface area contributed by atoms with Crippen LogP contribution in [0.3, 0.4) is 0 Å². The number of aliphatic hydroxyl groups is 1. The molecule has 2 atom stereocenters. The van der Waals surface area contributed by atoms with E-state index < -0.39 is 6.23 Å². The monoisotopic (exact) mass is 403 g/mol. The molecule has 8 heteroatoms. The second-order valence-electron chi connectivity index (χ2n) is 6.59. The maximum atomic E-state index is 10.9. The first kappa shape index (κ1) is 24.5. The zero-order valence-corrected chi connectivity index (χ0v) is 17.7. The van der Waals surface area contributed by atoms with Gasteiger partial charge < -0.3 is 24.9 Å². The van der Waals surface area contributed by atoms with Crippen molar-refractivity contribution < 1.29 is 14.6 Å². The fraction of sp³-hybridized carbons (Fsp3) is 0.476. The number of carbonyl (C=O) groups excluding carboxylic acids is 1. The third kappa shape index (κ3) is 8.15. The fourth-order valence-corrected chi connectivity index (χ4v) is 2.55. The van der Waals surface area contributed by atoms with Gasteiger partial charge in [-0.2, -0.15) is 0 Å². The van der Waals surface area contributed by atoms with Crippen LogP contribution in [0.15, 0.2) is 36.8 Å². The molecule has 0 aliphatic carbocycles. The lowest BCUT2D eigenvalue weighted by Gasteiger charge is -2.24. The number of carbonyl (C=O) groups is 1. The summed E-state index contributed by atoms with van der Waals surface area (Å²) in [6, 6.07) is 7.19. The second kappa shape index (κ2) is 13.6. The van der Waals surface area contributed by atoms with Gasteiger partial charge in [0.15, 0.2) is 6.23 Å². The van der Waals surface area contributed by atoms with Crippen molar-refractivity contribution in [3.05, 3.63) is 48.0 Å². The average Bonchev–Trinajstić information content (AvgIpc) is 2.74. The minimum absolute atomic E-state index is 0.0180. The van der Waals surface area contributed by atoms with E-state index in [1.165, 1.54) is 12.7 Å². The van der Waals surface area contributed by atoms with Gasteiger partial charge in [-0.3, -0.25) is 5.73 Å². The first-order valence-electron chi connectivity index (χ1n) is 9.74. The van der Waals surface area contributed by atoms with Crippen LogP contribution in [0.1, 0.15) is 37.8 Å². The van der Waals surface area contributed by atoms with Gasteiger partial charge in [0, 0.05) is 31.0 Å². The number of anilines is 1.